The first kappa shape index (κ1) is 10.3. The third-order valence-electron chi connectivity index (χ3n) is 1.35. The van der Waals surface area contributed by atoms with Gasteiger partial charge in [0, 0.05) is 11.2 Å². The number of H-pyrrole nitrogens is 1. The first-order valence-electron chi connectivity index (χ1n) is 3.55. The number of hydrogen-bond acceptors (Lipinski definition) is 1. The summed E-state index contributed by atoms with van der Waals surface area (Å²) in [6, 6.07) is 1.69. The summed E-state index contributed by atoms with van der Waals surface area (Å²) in [7, 11) is 0. The fourth-order valence-electron chi connectivity index (χ4n) is 0.776. The van der Waals surface area contributed by atoms with Gasteiger partial charge in [-0.1, -0.05) is 18.2 Å². The molecule has 0 saturated heterocycles. The average Bonchev–Trinajstić information content (AvgIpc) is 2.47. The number of aromatic amines is 1. The van der Waals surface area contributed by atoms with Crippen LogP contribution in [0.15, 0.2) is 28.5 Å². The molecule has 0 aromatic carbocycles. The van der Waals surface area contributed by atoms with Crippen molar-refractivity contribution in [1.82, 2.24) is 10.3 Å². The molecule has 0 unspecified atom stereocenters. The first-order valence-corrected chi connectivity index (χ1v) is 4.72. The Kier molecular flexibility index (Phi) is 3.57. The molecule has 0 radical (unpaired) electrons. The van der Waals surface area contributed by atoms with Gasteiger partial charge in [0.05, 0.1) is 16.7 Å². The van der Waals surface area contributed by atoms with Crippen molar-refractivity contribution in [2.45, 2.75) is 0 Å². The Morgan fingerprint density at radius 2 is 2.46 bits per heavy atom. The third-order valence-corrected chi connectivity index (χ3v) is 1.94. The molecule has 0 saturated carbocycles. The van der Waals surface area contributed by atoms with Crippen LogP contribution in [0.1, 0.15) is 10.4 Å². The van der Waals surface area contributed by atoms with Crippen LogP contribution in [-0.2, 0) is 0 Å². The first-order chi connectivity index (χ1) is 6.09. The van der Waals surface area contributed by atoms with Crippen LogP contribution >= 0.6 is 27.5 Å². The Morgan fingerprint density at radius 1 is 1.77 bits per heavy atom. The van der Waals surface area contributed by atoms with Crippen molar-refractivity contribution in [3.63, 3.8) is 0 Å². The monoisotopic (exact) mass is 262 g/mol. The maximum atomic E-state index is 11.3. The number of aromatic nitrogens is 1. The lowest BCUT2D eigenvalue weighted by Crippen LogP contribution is -2.23. The minimum Gasteiger partial charge on any atom is -0.355 e. The summed E-state index contributed by atoms with van der Waals surface area (Å²) in [5.74, 6) is -0.177. The van der Waals surface area contributed by atoms with E-state index in [1.807, 2.05) is 0 Å². The highest BCUT2D eigenvalue weighted by atomic mass is 79.9. The van der Waals surface area contributed by atoms with Gasteiger partial charge in [-0.25, -0.2) is 0 Å². The van der Waals surface area contributed by atoms with Crippen molar-refractivity contribution < 1.29 is 4.79 Å². The third kappa shape index (κ3) is 3.24. The van der Waals surface area contributed by atoms with Crippen LogP contribution < -0.4 is 5.32 Å². The maximum absolute atomic E-state index is 11.3. The summed E-state index contributed by atoms with van der Waals surface area (Å²) >= 11 is 8.69. The molecule has 1 heterocycles. The second kappa shape index (κ2) is 4.48. The molecule has 0 aliphatic carbocycles. The number of hydrogen-bond donors (Lipinski definition) is 2. The van der Waals surface area contributed by atoms with Crippen LogP contribution in [0, 0.1) is 0 Å². The van der Waals surface area contributed by atoms with Crippen LogP contribution in [0.2, 0.25) is 0 Å². The number of carbonyl (C=O) groups is 1. The molecule has 1 amide bonds. The van der Waals surface area contributed by atoms with E-state index in [1.165, 1.54) is 0 Å². The van der Waals surface area contributed by atoms with Gasteiger partial charge in [-0.2, -0.15) is 0 Å². The normalized spacial score (nSPS) is 9.69. The Bertz CT molecular complexity index is 335. The topological polar surface area (TPSA) is 44.9 Å². The van der Waals surface area contributed by atoms with Crippen LogP contribution in [0.25, 0.3) is 0 Å². The predicted molar refractivity (Wildman–Crippen MR) is 55.8 cm³/mol. The molecular weight excluding hydrogens is 255 g/mol. The second-order valence-corrected chi connectivity index (χ2v) is 3.83. The lowest BCUT2D eigenvalue weighted by atomic mass is 10.3. The molecule has 1 aromatic heterocycles. The van der Waals surface area contributed by atoms with Gasteiger partial charge in [0.2, 0.25) is 0 Å². The SMILES string of the molecule is C=C(Cl)CNC(=O)c1c[nH]c(Br)c1. The number of halogens is 2. The van der Waals surface area contributed by atoms with Crippen molar-refractivity contribution in [2.24, 2.45) is 0 Å². The molecule has 0 aliphatic rings. The number of nitrogens with one attached hydrogen (secondary N) is 2. The molecule has 1 rings (SSSR count). The van der Waals surface area contributed by atoms with Gasteiger partial charge in [0.25, 0.3) is 5.91 Å². The van der Waals surface area contributed by atoms with Gasteiger partial charge in [-0.15, -0.1) is 0 Å². The molecular formula is C8H8BrClN2O. The highest BCUT2D eigenvalue weighted by Crippen LogP contribution is 2.09. The molecule has 13 heavy (non-hydrogen) atoms. The zero-order chi connectivity index (χ0) is 9.84. The molecule has 0 aliphatic heterocycles. The van der Waals surface area contributed by atoms with Crippen LogP contribution in [0.5, 0.6) is 0 Å². The summed E-state index contributed by atoms with van der Waals surface area (Å²) in [5.41, 5.74) is 0.560. The largest absolute Gasteiger partial charge is 0.355 e. The zero-order valence-corrected chi connectivity index (χ0v) is 9.08. The Balaban J connectivity index is 2.54. The molecule has 5 heteroatoms. The van der Waals surface area contributed by atoms with Crippen molar-refractivity contribution >= 4 is 33.4 Å². The average molecular weight is 264 g/mol. The standard InChI is InChI=1S/C8H8BrClN2O/c1-5(10)3-12-8(13)6-2-7(9)11-4-6/h2,4,11H,1,3H2,(H,12,13). The van der Waals surface area contributed by atoms with Crippen LogP contribution in [0.4, 0.5) is 0 Å². The molecule has 0 spiro atoms. The molecule has 70 valence electrons. The van der Waals surface area contributed by atoms with E-state index >= 15 is 0 Å². The lowest BCUT2D eigenvalue weighted by molar-refractivity contribution is 0.0958. The van der Waals surface area contributed by atoms with Crippen molar-refractivity contribution in [3.8, 4) is 0 Å². The Labute approximate surface area is 89.3 Å². The minimum absolute atomic E-state index is 0.177. The van der Waals surface area contributed by atoms with Gasteiger partial charge in [-0.3, -0.25) is 4.79 Å². The van der Waals surface area contributed by atoms with Gasteiger partial charge in [0.1, 0.15) is 0 Å². The van der Waals surface area contributed by atoms with Crippen molar-refractivity contribution in [1.29, 1.82) is 0 Å². The molecule has 0 atom stereocenters. The number of rotatable bonds is 3. The summed E-state index contributed by atoms with van der Waals surface area (Å²) in [4.78, 5) is 14.1. The van der Waals surface area contributed by atoms with Crippen LogP contribution in [0.3, 0.4) is 0 Å². The zero-order valence-electron chi connectivity index (χ0n) is 6.73. The van der Waals surface area contributed by atoms with E-state index < -0.39 is 0 Å². The van der Waals surface area contributed by atoms with E-state index in [2.05, 4.69) is 32.8 Å². The summed E-state index contributed by atoms with van der Waals surface area (Å²) < 4.78 is 0.766. The van der Waals surface area contributed by atoms with E-state index in [-0.39, 0.29) is 12.5 Å². The highest BCUT2D eigenvalue weighted by Gasteiger charge is 2.06. The lowest BCUT2D eigenvalue weighted by Gasteiger charge is -2.00. The number of amides is 1. The molecule has 1 aromatic rings. The fourth-order valence-corrected chi connectivity index (χ4v) is 1.20. The summed E-state index contributed by atoms with van der Waals surface area (Å²) in [6.07, 6.45) is 1.61. The van der Waals surface area contributed by atoms with Crippen LogP contribution in [-0.4, -0.2) is 17.4 Å². The molecule has 2 N–H and O–H groups in total. The number of carbonyl (C=O) groups excluding carboxylic acids is 1. The molecule has 3 nitrogen and oxygen atoms in total. The minimum atomic E-state index is -0.177. The summed E-state index contributed by atoms with van der Waals surface area (Å²) in [6.45, 7) is 3.74. The van der Waals surface area contributed by atoms with Gasteiger partial charge in [0.15, 0.2) is 0 Å². The Hall–Kier alpha value is -0.740. The predicted octanol–water partition coefficient (Wildman–Crippen LogP) is 2.26. The maximum Gasteiger partial charge on any atom is 0.253 e. The molecule has 0 bridgehead atoms. The highest BCUT2D eigenvalue weighted by molar-refractivity contribution is 9.10. The van der Waals surface area contributed by atoms with E-state index in [0.717, 1.165) is 4.60 Å². The van der Waals surface area contributed by atoms with Crippen molar-refractivity contribution in [3.05, 3.63) is 34.0 Å². The Morgan fingerprint density at radius 3 is 2.92 bits per heavy atom. The quantitative estimate of drug-likeness (QED) is 0.863. The van der Waals surface area contributed by atoms with Gasteiger partial charge in [-0.05, 0) is 22.0 Å². The van der Waals surface area contributed by atoms with Gasteiger partial charge >= 0.3 is 0 Å². The smallest absolute Gasteiger partial charge is 0.253 e. The summed E-state index contributed by atoms with van der Waals surface area (Å²) in [5, 5.41) is 3.01. The fraction of sp³-hybridized carbons (Fsp3) is 0.125. The van der Waals surface area contributed by atoms with Crippen molar-refractivity contribution in [2.75, 3.05) is 6.54 Å². The van der Waals surface area contributed by atoms with E-state index in [0.29, 0.717) is 10.6 Å². The van der Waals surface area contributed by atoms with E-state index in [9.17, 15) is 4.79 Å². The van der Waals surface area contributed by atoms with E-state index in [4.69, 9.17) is 11.6 Å². The van der Waals surface area contributed by atoms with E-state index in [1.54, 1.807) is 12.3 Å². The second-order valence-electron chi connectivity index (χ2n) is 2.44. The molecule has 0 fully saturated rings. The van der Waals surface area contributed by atoms with Gasteiger partial charge < -0.3 is 10.3 Å².